The first-order chi connectivity index (χ1) is 13.2. The molecule has 2 fully saturated rings. The Morgan fingerprint density at radius 3 is 2.07 bits per heavy atom. The highest BCUT2D eigenvalue weighted by Crippen LogP contribution is 2.34. The molecule has 27 heavy (non-hydrogen) atoms. The summed E-state index contributed by atoms with van der Waals surface area (Å²) in [5.41, 5.74) is 1.51. The quantitative estimate of drug-likeness (QED) is 0.865. The van der Waals surface area contributed by atoms with E-state index in [2.05, 4.69) is 10.6 Å². The van der Waals surface area contributed by atoms with Crippen LogP contribution in [0, 0.1) is 0 Å². The number of hydrogen-bond donors (Lipinski definition) is 2. The first-order valence-electron chi connectivity index (χ1n) is 9.71. The SMILES string of the molecule is O=C(NC1C[C@@H]2CCC[C@@H](C1)N2C(=O)Nc1ccccc1)c1ccccc1. The van der Waals surface area contributed by atoms with Gasteiger partial charge in [0.05, 0.1) is 0 Å². The Hall–Kier alpha value is -2.82. The number of para-hydroxylation sites is 1. The number of anilines is 1. The zero-order valence-corrected chi connectivity index (χ0v) is 15.3. The van der Waals surface area contributed by atoms with Crippen molar-refractivity contribution in [1.29, 1.82) is 0 Å². The average Bonchev–Trinajstić information content (AvgIpc) is 2.68. The molecular weight excluding hydrogens is 338 g/mol. The Kier molecular flexibility index (Phi) is 5.10. The summed E-state index contributed by atoms with van der Waals surface area (Å²) in [5.74, 6) is -0.0270. The molecule has 2 bridgehead atoms. The fourth-order valence-corrected chi connectivity index (χ4v) is 4.40. The molecule has 140 valence electrons. The van der Waals surface area contributed by atoms with Gasteiger partial charge in [0.2, 0.25) is 0 Å². The summed E-state index contributed by atoms with van der Waals surface area (Å²) in [4.78, 5) is 27.4. The van der Waals surface area contributed by atoms with Gasteiger partial charge in [-0.3, -0.25) is 4.79 Å². The van der Waals surface area contributed by atoms with Crippen molar-refractivity contribution in [3.63, 3.8) is 0 Å². The van der Waals surface area contributed by atoms with Gasteiger partial charge in [-0.15, -0.1) is 0 Å². The van der Waals surface area contributed by atoms with E-state index >= 15 is 0 Å². The highest BCUT2D eigenvalue weighted by molar-refractivity contribution is 5.94. The summed E-state index contributed by atoms with van der Waals surface area (Å²) in [6.45, 7) is 0. The second kappa shape index (κ2) is 7.82. The van der Waals surface area contributed by atoms with Gasteiger partial charge in [0, 0.05) is 29.4 Å². The lowest BCUT2D eigenvalue weighted by atomic mass is 9.82. The molecule has 0 saturated carbocycles. The minimum Gasteiger partial charge on any atom is -0.349 e. The van der Waals surface area contributed by atoms with Crippen LogP contribution in [0.5, 0.6) is 0 Å². The number of hydrogen-bond acceptors (Lipinski definition) is 2. The second-order valence-electron chi connectivity index (χ2n) is 7.45. The third kappa shape index (κ3) is 3.97. The highest BCUT2D eigenvalue weighted by Gasteiger charge is 2.41. The maximum absolute atomic E-state index is 12.9. The molecule has 2 aromatic rings. The molecule has 4 rings (SSSR count). The Morgan fingerprint density at radius 2 is 1.44 bits per heavy atom. The van der Waals surface area contributed by atoms with Gasteiger partial charge in [-0.25, -0.2) is 4.79 Å². The van der Waals surface area contributed by atoms with Crippen LogP contribution in [0.2, 0.25) is 0 Å². The van der Waals surface area contributed by atoms with Crippen LogP contribution in [0.4, 0.5) is 10.5 Å². The molecule has 2 aromatic carbocycles. The number of amides is 3. The number of carbonyl (C=O) groups excluding carboxylic acids is 2. The van der Waals surface area contributed by atoms with Crippen molar-refractivity contribution < 1.29 is 9.59 Å². The van der Waals surface area contributed by atoms with E-state index in [1.165, 1.54) is 0 Å². The summed E-state index contributed by atoms with van der Waals surface area (Å²) in [5, 5.41) is 6.20. The van der Waals surface area contributed by atoms with Crippen LogP contribution in [0.15, 0.2) is 60.7 Å². The Bertz CT molecular complexity index is 780. The number of benzene rings is 2. The summed E-state index contributed by atoms with van der Waals surface area (Å²) >= 11 is 0. The third-order valence-electron chi connectivity index (χ3n) is 5.61. The van der Waals surface area contributed by atoms with Crippen LogP contribution in [0.3, 0.4) is 0 Å². The van der Waals surface area contributed by atoms with Gasteiger partial charge in [-0.1, -0.05) is 36.4 Å². The van der Waals surface area contributed by atoms with Crippen LogP contribution in [0.25, 0.3) is 0 Å². The normalized spacial score (nSPS) is 24.1. The molecule has 0 radical (unpaired) electrons. The van der Waals surface area contributed by atoms with Crippen molar-refractivity contribution in [1.82, 2.24) is 10.2 Å². The second-order valence-corrected chi connectivity index (χ2v) is 7.45. The maximum Gasteiger partial charge on any atom is 0.322 e. The molecule has 5 heteroatoms. The largest absolute Gasteiger partial charge is 0.349 e. The van der Waals surface area contributed by atoms with E-state index in [1.54, 1.807) is 0 Å². The molecule has 2 saturated heterocycles. The first kappa shape index (κ1) is 17.6. The predicted octanol–water partition coefficient (Wildman–Crippen LogP) is 4.03. The fraction of sp³-hybridized carbons (Fsp3) is 0.364. The smallest absolute Gasteiger partial charge is 0.322 e. The standard InChI is InChI=1S/C22H25N3O2/c26-21(16-8-3-1-4-9-16)23-18-14-19-12-7-13-20(15-18)25(19)22(27)24-17-10-5-2-6-11-17/h1-6,8-11,18-20H,7,12-15H2,(H,23,26)(H,24,27)/t19-,20-/m0/s1. The van der Waals surface area contributed by atoms with Gasteiger partial charge in [0.1, 0.15) is 0 Å². The number of fused-ring (bicyclic) bond motifs is 2. The number of urea groups is 1. The van der Waals surface area contributed by atoms with Gasteiger partial charge < -0.3 is 15.5 Å². The van der Waals surface area contributed by atoms with E-state index in [4.69, 9.17) is 0 Å². The lowest BCUT2D eigenvalue weighted by molar-refractivity contribution is 0.0577. The Labute approximate surface area is 159 Å². The zero-order chi connectivity index (χ0) is 18.6. The number of nitrogens with one attached hydrogen (secondary N) is 2. The molecule has 0 aromatic heterocycles. The van der Waals surface area contributed by atoms with Crippen molar-refractivity contribution in [3.05, 3.63) is 66.2 Å². The Morgan fingerprint density at radius 1 is 0.852 bits per heavy atom. The van der Waals surface area contributed by atoms with E-state index in [9.17, 15) is 9.59 Å². The summed E-state index contributed by atoms with van der Waals surface area (Å²) in [7, 11) is 0. The number of rotatable bonds is 3. The van der Waals surface area contributed by atoms with Gasteiger partial charge in [-0.2, -0.15) is 0 Å². The van der Waals surface area contributed by atoms with Crippen molar-refractivity contribution in [2.45, 2.75) is 50.2 Å². The van der Waals surface area contributed by atoms with Gasteiger partial charge in [-0.05, 0) is 56.4 Å². The van der Waals surface area contributed by atoms with Gasteiger partial charge in [0.25, 0.3) is 5.91 Å². The number of nitrogens with zero attached hydrogens (tertiary/aromatic N) is 1. The molecule has 3 amide bonds. The van der Waals surface area contributed by atoms with Gasteiger partial charge in [0.15, 0.2) is 0 Å². The lowest BCUT2D eigenvalue weighted by Crippen LogP contribution is -2.59. The van der Waals surface area contributed by atoms with Crippen LogP contribution in [-0.2, 0) is 0 Å². The minimum absolute atomic E-state index is 0.0243. The first-order valence-corrected chi connectivity index (χ1v) is 9.71. The Balaban J connectivity index is 1.41. The third-order valence-corrected chi connectivity index (χ3v) is 5.61. The lowest BCUT2D eigenvalue weighted by Gasteiger charge is -2.48. The fourth-order valence-electron chi connectivity index (χ4n) is 4.40. The van der Waals surface area contributed by atoms with Crippen LogP contribution in [-0.4, -0.2) is 35.0 Å². The van der Waals surface area contributed by atoms with Crippen LogP contribution >= 0.6 is 0 Å². The molecule has 2 aliphatic rings. The van der Waals surface area contributed by atoms with E-state index in [-0.39, 0.29) is 30.1 Å². The maximum atomic E-state index is 12.9. The monoisotopic (exact) mass is 363 g/mol. The van der Waals surface area contributed by atoms with Crippen molar-refractivity contribution >= 4 is 17.6 Å². The molecule has 2 atom stereocenters. The van der Waals surface area contributed by atoms with E-state index < -0.39 is 0 Å². The molecular formula is C22H25N3O2. The van der Waals surface area contributed by atoms with Crippen molar-refractivity contribution in [3.8, 4) is 0 Å². The molecule has 2 N–H and O–H groups in total. The topological polar surface area (TPSA) is 61.4 Å². The van der Waals surface area contributed by atoms with E-state index in [0.29, 0.717) is 5.56 Å². The number of piperidine rings is 2. The van der Waals surface area contributed by atoms with E-state index in [1.807, 2.05) is 65.6 Å². The van der Waals surface area contributed by atoms with Crippen molar-refractivity contribution in [2.24, 2.45) is 0 Å². The molecule has 5 nitrogen and oxygen atoms in total. The summed E-state index contributed by atoms with van der Waals surface area (Å²) in [6, 6.07) is 19.4. The number of carbonyl (C=O) groups is 2. The summed E-state index contributed by atoms with van der Waals surface area (Å²) < 4.78 is 0. The molecule has 2 heterocycles. The van der Waals surface area contributed by atoms with Crippen molar-refractivity contribution in [2.75, 3.05) is 5.32 Å². The predicted molar refractivity (Wildman–Crippen MR) is 106 cm³/mol. The highest BCUT2D eigenvalue weighted by atomic mass is 16.2. The molecule has 0 aliphatic carbocycles. The summed E-state index contributed by atoms with van der Waals surface area (Å²) in [6.07, 6.45) is 4.77. The van der Waals surface area contributed by atoms with Crippen LogP contribution < -0.4 is 10.6 Å². The van der Waals surface area contributed by atoms with Crippen LogP contribution in [0.1, 0.15) is 42.5 Å². The zero-order valence-electron chi connectivity index (χ0n) is 15.3. The van der Waals surface area contributed by atoms with Gasteiger partial charge >= 0.3 is 6.03 Å². The molecule has 0 unspecified atom stereocenters. The molecule has 2 aliphatic heterocycles. The minimum atomic E-state index is -0.0270. The van der Waals surface area contributed by atoms with E-state index in [0.717, 1.165) is 37.8 Å². The average molecular weight is 363 g/mol. The molecule has 0 spiro atoms.